The molecular formula is C16H12FN3O3. The number of nitrogens with zero attached hydrogens (tertiary/aromatic N) is 2. The SMILES string of the molecule is O=C(C=C(O)c1nc[nH]n1)c1cc(Cc2cccc(F)c2)co1. The maximum absolute atomic E-state index is 13.2. The van der Waals surface area contributed by atoms with E-state index in [-0.39, 0.29) is 23.2 Å². The van der Waals surface area contributed by atoms with E-state index in [2.05, 4.69) is 15.2 Å². The van der Waals surface area contributed by atoms with Crippen LogP contribution in [0.2, 0.25) is 0 Å². The number of carbonyl (C=O) groups excluding carboxylic acids is 1. The predicted octanol–water partition coefficient (Wildman–Crippen LogP) is 2.91. The number of aromatic amines is 1. The lowest BCUT2D eigenvalue weighted by atomic mass is 10.1. The summed E-state index contributed by atoms with van der Waals surface area (Å²) in [6.07, 6.45) is 4.13. The number of halogens is 1. The van der Waals surface area contributed by atoms with Crippen molar-refractivity contribution >= 4 is 11.5 Å². The molecule has 116 valence electrons. The molecule has 3 rings (SSSR count). The number of nitrogens with one attached hydrogen (secondary N) is 1. The molecule has 1 aromatic carbocycles. The summed E-state index contributed by atoms with van der Waals surface area (Å²) in [5.74, 6) is -1.11. The molecule has 0 unspecified atom stereocenters. The summed E-state index contributed by atoms with van der Waals surface area (Å²) in [4.78, 5) is 15.7. The normalized spacial score (nSPS) is 11.6. The minimum absolute atomic E-state index is 0.0184. The van der Waals surface area contributed by atoms with E-state index in [0.717, 1.165) is 17.2 Å². The maximum atomic E-state index is 13.2. The molecule has 23 heavy (non-hydrogen) atoms. The molecule has 0 saturated carbocycles. The van der Waals surface area contributed by atoms with Gasteiger partial charge in [0.15, 0.2) is 11.5 Å². The van der Waals surface area contributed by atoms with Crippen LogP contribution >= 0.6 is 0 Å². The van der Waals surface area contributed by atoms with Gasteiger partial charge in [-0.25, -0.2) is 9.37 Å². The zero-order valence-electron chi connectivity index (χ0n) is 11.9. The molecule has 6 nitrogen and oxygen atoms in total. The number of aromatic nitrogens is 3. The Hall–Kier alpha value is -3.22. The van der Waals surface area contributed by atoms with E-state index in [1.165, 1.54) is 24.7 Å². The molecule has 0 fully saturated rings. The highest BCUT2D eigenvalue weighted by atomic mass is 19.1. The lowest BCUT2D eigenvalue weighted by molar-refractivity contribution is 0.102. The summed E-state index contributed by atoms with van der Waals surface area (Å²) in [6, 6.07) is 7.74. The lowest BCUT2D eigenvalue weighted by Crippen LogP contribution is -1.96. The molecule has 0 saturated heterocycles. The van der Waals surface area contributed by atoms with Crippen LogP contribution < -0.4 is 0 Å². The van der Waals surface area contributed by atoms with Crippen LogP contribution in [0.4, 0.5) is 4.39 Å². The number of ketones is 1. The third kappa shape index (κ3) is 3.52. The number of aliphatic hydroxyl groups excluding tert-OH is 1. The molecule has 0 amide bonds. The number of allylic oxidation sites excluding steroid dienone is 1. The molecule has 0 aliphatic heterocycles. The second kappa shape index (κ2) is 6.27. The number of hydrogen-bond acceptors (Lipinski definition) is 5. The van der Waals surface area contributed by atoms with Gasteiger partial charge in [-0.05, 0) is 29.3 Å². The van der Waals surface area contributed by atoms with Crippen LogP contribution in [0.25, 0.3) is 5.76 Å². The minimum atomic E-state index is -0.516. The van der Waals surface area contributed by atoms with Crippen molar-refractivity contribution in [2.24, 2.45) is 0 Å². The lowest BCUT2D eigenvalue weighted by Gasteiger charge is -1.97. The number of rotatable bonds is 5. The smallest absolute Gasteiger partial charge is 0.224 e. The topological polar surface area (TPSA) is 92.0 Å². The number of carbonyl (C=O) groups is 1. The van der Waals surface area contributed by atoms with E-state index in [1.807, 2.05) is 0 Å². The van der Waals surface area contributed by atoms with Gasteiger partial charge in [0.2, 0.25) is 11.6 Å². The Morgan fingerprint density at radius 1 is 1.35 bits per heavy atom. The van der Waals surface area contributed by atoms with E-state index in [4.69, 9.17) is 4.42 Å². The van der Waals surface area contributed by atoms with Gasteiger partial charge < -0.3 is 9.52 Å². The van der Waals surface area contributed by atoms with Crippen LogP contribution in [0.15, 0.2) is 53.4 Å². The van der Waals surface area contributed by atoms with Crippen LogP contribution in [0.3, 0.4) is 0 Å². The molecule has 0 spiro atoms. The zero-order chi connectivity index (χ0) is 16.2. The van der Waals surface area contributed by atoms with Gasteiger partial charge in [0.05, 0.1) is 6.26 Å². The Morgan fingerprint density at radius 2 is 2.22 bits per heavy atom. The minimum Gasteiger partial charge on any atom is -0.504 e. The van der Waals surface area contributed by atoms with Gasteiger partial charge in [0.25, 0.3) is 0 Å². The van der Waals surface area contributed by atoms with Gasteiger partial charge in [-0.3, -0.25) is 9.89 Å². The molecule has 0 aliphatic carbocycles. The van der Waals surface area contributed by atoms with E-state index >= 15 is 0 Å². The van der Waals surface area contributed by atoms with Crippen LogP contribution in [-0.2, 0) is 6.42 Å². The molecule has 0 radical (unpaired) electrons. The summed E-state index contributed by atoms with van der Waals surface area (Å²) >= 11 is 0. The average Bonchev–Trinajstić information content (AvgIpc) is 3.18. The van der Waals surface area contributed by atoms with Crippen molar-refractivity contribution in [2.45, 2.75) is 6.42 Å². The van der Waals surface area contributed by atoms with Crippen LogP contribution in [-0.4, -0.2) is 26.1 Å². The number of aliphatic hydroxyl groups is 1. The number of furan rings is 1. The van der Waals surface area contributed by atoms with Gasteiger partial charge in [-0.2, -0.15) is 5.10 Å². The van der Waals surface area contributed by atoms with Crippen molar-refractivity contribution in [1.29, 1.82) is 0 Å². The van der Waals surface area contributed by atoms with E-state index in [9.17, 15) is 14.3 Å². The van der Waals surface area contributed by atoms with Gasteiger partial charge in [-0.1, -0.05) is 12.1 Å². The second-order valence-corrected chi connectivity index (χ2v) is 4.84. The van der Waals surface area contributed by atoms with Crippen LogP contribution in [0.5, 0.6) is 0 Å². The maximum Gasteiger partial charge on any atom is 0.224 e. The van der Waals surface area contributed by atoms with Gasteiger partial charge >= 0.3 is 0 Å². The largest absolute Gasteiger partial charge is 0.504 e. The molecule has 3 aromatic rings. The molecule has 0 atom stereocenters. The Morgan fingerprint density at radius 3 is 2.96 bits per heavy atom. The third-order valence-electron chi connectivity index (χ3n) is 3.11. The van der Waals surface area contributed by atoms with Crippen molar-refractivity contribution in [3.05, 3.63) is 77.5 Å². The Labute approximate surface area is 130 Å². The Kier molecular flexibility index (Phi) is 4.01. The number of benzene rings is 1. The first kappa shape index (κ1) is 14.7. The molecule has 7 heteroatoms. The first-order valence-electron chi connectivity index (χ1n) is 6.75. The molecular weight excluding hydrogens is 301 g/mol. The summed E-state index contributed by atoms with van der Waals surface area (Å²) in [7, 11) is 0. The predicted molar refractivity (Wildman–Crippen MR) is 79.2 cm³/mol. The van der Waals surface area contributed by atoms with E-state index < -0.39 is 5.78 Å². The Balaban J connectivity index is 1.74. The van der Waals surface area contributed by atoms with Crippen molar-refractivity contribution in [1.82, 2.24) is 15.2 Å². The zero-order valence-corrected chi connectivity index (χ0v) is 11.9. The van der Waals surface area contributed by atoms with Crippen LogP contribution in [0, 0.1) is 5.82 Å². The number of hydrogen-bond donors (Lipinski definition) is 2. The molecule has 2 heterocycles. The third-order valence-corrected chi connectivity index (χ3v) is 3.11. The summed E-state index contributed by atoms with van der Waals surface area (Å²) in [5, 5.41) is 15.8. The average molecular weight is 313 g/mol. The summed E-state index contributed by atoms with van der Waals surface area (Å²) in [6.45, 7) is 0. The highest BCUT2D eigenvalue weighted by molar-refractivity contribution is 6.05. The second-order valence-electron chi connectivity index (χ2n) is 4.84. The first-order chi connectivity index (χ1) is 11.1. The standard InChI is InChI=1S/C16H12FN3O3/c17-12-3-1-2-10(5-12)4-11-6-15(23-8-11)13(21)7-14(22)16-18-9-19-20-16/h1-3,5-9,22H,4H2,(H,18,19,20). The Bertz CT molecular complexity index is 853. The summed E-state index contributed by atoms with van der Waals surface area (Å²) in [5.41, 5.74) is 1.49. The first-order valence-corrected chi connectivity index (χ1v) is 6.75. The fourth-order valence-corrected chi connectivity index (χ4v) is 2.07. The van der Waals surface area contributed by atoms with Crippen molar-refractivity contribution in [3.63, 3.8) is 0 Å². The van der Waals surface area contributed by atoms with Crippen molar-refractivity contribution in [2.75, 3.05) is 0 Å². The van der Waals surface area contributed by atoms with Gasteiger partial charge in [0.1, 0.15) is 12.1 Å². The van der Waals surface area contributed by atoms with Gasteiger partial charge in [-0.15, -0.1) is 0 Å². The highest BCUT2D eigenvalue weighted by Gasteiger charge is 2.13. The van der Waals surface area contributed by atoms with Crippen LogP contribution in [0.1, 0.15) is 27.5 Å². The van der Waals surface area contributed by atoms with E-state index in [1.54, 1.807) is 18.2 Å². The number of H-pyrrole nitrogens is 1. The fourth-order valence-electron chi connectivity index (χ4n) is 2.07. The van der Waals surface area contributed by atoms with Crippen molar-refractivity contribution < 1.29 is 18.7 Å². The van der Waals surface area contributed by atoms with Gasteiger partial charge in [0, 0.05) is 12.5 Å². The van der Waals surface area contributed by atoms with E-state index in [0.29, 0.717) is 6.42 Å². The monoisotopic (exact) mass is 313 g/mol. The molecule has 0 bridgehead atoms. The quantitative estimate of drug-likeness (QED) is 0.429. The summed E-state index contributed by atoms with van der Waals surface area (Å²) < 4.78 is 18.4. The highest BCUT2D eigenvalue weighted by Crippen LogP contribution is 2.16. The molecule has 0 aliphatic rings. The molecule has 2 aromatic heterocycles. The van der Waals surface area contributed by atoms with Crippen molar-refractivity contribution in [3.8, 4) is 0 Å². The molecule has 2 N–H and O–H groups in total. The fraction of sp³-hybridized carbons (Fsp3) is 0.0625.